The molecule has 6 heteroatoms. The highest BCUT2D eigenvalue weighted by molar-refractivity contribution is 7.10. The maximum absolute atomic E-state index is 13.5. The lowest BCUT2D eigenvalue weighted by Crippen LogP contribution is -2.23. The lowest BCUT2D eigenvalue weighted by molar-refractivity contribution is 0.0944. The van der Waals surface area contributed by atoms with Crippen molar-refractivity contribution in [2.24, 2.45) is 0 Å². The summed E-state index contributed by atoms with van der Waals surface area (Å²) in [6, 6.07) is 5.46. The predicted octanol–water partition coefficient (Wildman–Crippen LogP) is 1.87. The van der Waals surface area contributed by atoms with E-state index in [1.165, 1.54) is 23.5 Å². The fourth-order valence-electron chi connectivity index (χ4n) is 1.71. The first-order valence-electron chi connectivity index (χ1n) is 6.05. The summed E-state index contributed by atoms with van der Waals surface area (Å²) >= 11 is 1.39. The standard InChI is InChI=1S/C15H12FNO3S/c16-11-4-1-5-12(19)14(11)15(20)17-9-13-10(3-2-7-18)6-8-21-13/h1,4-6,8,18-19H,7,9H2,(H,17,20). The molecular weight excluding hydrogens is 293 g/mol. The van der Waals surface area contributed by atoms with Gasteiger partial charge >= 0.3 is 0 Å². The highest BCUT2D eigenvalue weighted by Gasteiger charge is 2.16. The number of rotatable bonds is 3. The second-order valence-electron chi connectivity index (χ2n) is 4.03. The number of benzene rings is 1. The third-order valence-electron chi connectivity index (χ3n) is 2.68. The Balaban J connectivity index is 2.10. The van der Waals surface area contributed by atoms with Crippen molar-refractivity contribution in [2.75, 3.05) is 6.61 Å². The van der Waals surface area contributed by atoms with Crippen LogP contribution in [0.4, 0.5) is 4.39 Å². The van der Waals surface area contributed by atoms with Gasteiger partial charge in [0.2, 0.25) is 0 Å². The summed E-state index contributed by atoms with van der Waals surface area (Å²) in [4.78, 5) is 12.7. The van der Waals surface area contributed by atoms with E-state index >= 15 is 0 Å². The van der Waals surface area contributed by atoms with E-state index in [0.29, 0.717) is 5.56 Å². The molecule has 0 spiro atoms. The molecule has 1 amide bonds. The quantitative estimate of drug-likeness (QED) is 0.758. The fraction of sp³-hybridized carbons (Fsp3) is 0.133. The number of amides is 1. The zero-order valence-corrected chi connectivity index (χ0v) is 11.7. The molecule has 0 fully saturated rings. The number of halogens is 1. The van der Waals surface area contributed by atoms with Crippen molar-refractivity contribution in [1.29, 1.82) is 0 Å². The molecule has 1 aromatic heterocycles. The Morgan fingerprint density at radius 3 is 2.90 bits per heavy atom. The van der Waals surface area contributed by atoms with Gasteiger partial charge in [0.1, 0.15) is 23.7 Å². The van der Waals surface area contributed by atoms with Crippen LogP contribution < -0.4 is 5.32 Å². The molecule has 0 atom stereocenters. The molecule has 0 aliphatic rings. The Bertz CT molecular complexity index is 695. The van der Waals surface area contributed by atoms with Gasteiger partial charge in [-0.25, -0.2) is 4.39 Å². The first-order valence-corrected chi connectivity index (χ1v) is 6.93. The molecule has 0 saturated carbocycles. The van der Waals surface area contributed by atoms with Gasteiger partial charge in [-0.1, -0.05) is 17.9 Å². The molecule has 1 heterocycles. The fourth-order valence-corrected chi connectivity index (χ4v) is 2.48. The van der Waals surface area contributed by atoms with Gasteiger partial charge in [-0.05, 0) is 23.6 Å². The van der Waals surface area contributed by atoms with Crippen molar-refractivity contribution < 1.29 is 19.4 Å². The molecule has 21 heavy (non-hydrogen) atoms. The average Bonchev–Trinajstić information content (AvgIpc) is 2.90. The minimum atomic E-state index is -0.779. The van der Waals surface area contributed by atoms with E-state index in [2.05, 4.69) is 17.2 Å². The molecule has 3 N–H and O–H groups in total. The Kier molecular flexibility index (Phi) is 4.93. The van der Waals surface area contributed by atoms with Crippen LogP contribution in [0.5, 0.6) is 5.75 Å². The number of phenols is 1. The van der Waals surface area contributed by atoms with Crippen molar-refractivity contribution in [1.82, 2.24) is 5.32 Å². The van der Waals surface area contributed by atoms with E-state index in [4.69, 9.17) is 5.11 Å². The van der Waals surface area contributed by atoms with Gasteiger partial charge in [-0.2, -0.15) is 0 Å². The number of carbonyl (C=O) groups is 1. The Morgan fingerprint density at radius 1 is 1.38 bits per heavy atom. The van der Waals surface area contributed by atoms with Crippen LogP contribution in [-0.2, 0) is 6.54 Å². The van der Waals surface area contributed by atoms with Gasteiger partial charge in [0.25, 0.3) is 5.91 Å². The van der Waals surface area contributed by atoms with E-state index in [-0.39, 0.29) is 18.7 Å². The maximum atomic E-state index is 13.5. The number of aliphatic hydroxyl groups excluding tert-OH is 1. The lowest BCUT2D eigenvalue weighted by Gasteiger charge is -2.07. The zero-order valence-electron chi connectivity index (χ0n) is 10.9. The third-order valence-corrected chi connectivity index (χ3v) is 3.60. The lowest BCUT2D eigenvalue weighted by atomic mass is 10.1. The number of phenolic OH excluding ortho intramolecular Hbond substituents is 1. The summed E-state index contributed by atoms with van der Waals surface area (Å²) < 4.78 is 13.5. The van der Waals surface area contributed by atoms with Gasteiger partial charge in [-0.15, -0.1) is 11.3 Å². The number of aromatic hydroxyl groups is 1. The van der Waals surface area contributed by atoms with Gasteiger partial charge < -0.3 is 15.5 Å². The minimum Gasteiger partial charge on any atom is -0.507 e. The maximum Gasteiger partial charge on any atom is 0.258 e. The molecule has 0 saturated heterocycles. The monoisotopic (exact) mass is 305 g/mol. The summed E-state index contributed by atoms with van der Waals surface area (Å²) in [6.07, 6.45) is 0. The number of aliphatic hydroxyl groups is 1. The van der Waals surface area contributed by atoms with Crippen LogP contribution in [0.1, 0.15) is 20.8 Å². The van der Waals surface area contributed by atoms with E-state index in [1.54, 1.807) is 6.07 Å². The predicted molar refractivity (Wildman–Crippen MR) is 77.5 cm³/mol. The van der Waals surface area contributed by atoms with Gasteiger partial charge in [0.15, 0.2) is 0 Å². The van der Waals surface area contributed by atoms with Crippen molar-refractivity contribution in [3.05, 3.63) is 51.5 Å². The second kappa shape index (κ2) is 6.88. The van der Waals surface area contributed by atoms with Crippen LogP contribution in [0.2, 0.25) is 0 Å². The van der Waals surface area contributed by atoms with Crippen molar-refractivity contribution >= 4 is 17.2 Å². The van der Waals surface area contributed by atoms with E-state index in [9.17, 15) is 14.3 Å². The Labute approximate surface area is 124 Å². The summed E-state index contributed by atoms with van der Waals surface area (Å²) in [5.74, 6) is 3.42. The van der Waals surface area contributed by atoms with E-state index < -0.39 is 17.5 Å². The first-order chi connectivity index (χ1) is 10.1. The Hall–Kier alpha value is -2.36. The highest BCUT2D eigenvalue weighted by atomic mass is 32.1. The molecule has 108 valence electrons. The van der Waals surface area contributed by atoms with E-state index in [0.717, 1.165) is 10.9 Å². The molecule has 0 unspecified atom stereocenters. The number of hydrogen-bond donors (Lipinski definition) is 3. The zero-order chi connectivity index (χ0) is 15.2. The molecule has 0 bridgehead atoms. The molecule has 4 nitrogen and oxygen atoms in total. The third kappa shape index (κ3) is 3.60. The molecule has 1 aromatic carbocycles. The normalized spacial score (nSPS) is 9.81. The molecular formula is C15H12FNO3S. The highest BCUT2D eigenvalue weighted by Crippen LogP contribution is 2.20. The average molecular weight is 305 g/mol. The number of nitrogens with one attached hydrogen (secondary N) is 1. The Morgan fingerprint density at radius 2 is 2.19 bits per heavy atom. The van der Waals surface area contributed by atoms with E-state index in [1.807, 2.05) is 5.38 Å². The first kappa shape index (κ1) is 15.0. The summed E-state index contributed by atoms with van der Waals surface area (Å²) in [5, 5.41) is 22.6. The molecule has 0 radical (unpaired) electrons. The SMILES string of the molecule is O=C(NCc1sccc1C#CCO)c1c(O)cccc1F. The van der Waals surface area contributed by atoms with Crippen LogP contribution in [0.3, 0.4) is 0 Å². The summed E-state index contributed by atoms with van der Waals surface area (Å²) in [5.41, 5.74) is 0.323. The van der Waals surface area contributed by atoms with Crippen LogP contribution in [-0.4, -0.2) is 22.7 Å². The van der Waals surface area contributed by atoms with Crippen LogP contribution in [0.15, 0.2) is 29.6 Å². The molecule has 2 aromatic rings. The van der Waals surface area contributed by atoms with Crippen LogP contribution in [0, 0.1) is 17.7 Å². The number of thiophene rings is 1. The van der Waals surface area contributed by atoms with Gasteiger partial charge in [-0.3, -0.25) is 4.79 Å². The molecule has 0 aliphatic heterocycles. The van der Waals surface area contributed by atoms with Crippen LogP contribution >= 0.6 is 11.3 Å². The summed E-state index contributed by atoms with van der Waals surface area (Å²) in [6.45, 7) is -0.0789. The topological polar surface area (TPSA) is 69.6 Å². The largest absolute Gasteiger partial charge is 0.507 e. The molecule has 0 aliphatic carbocycles. The van der Waals surface area contributed by atoms with Gasteiger partial charge in [0.05, 0.1) is 6.54 Å². The smallest absolute Gasteiger partial charge is 0.258 e. The van der Waals surface area contributed by atoms with Crippen molar-refractivity contribution in [2.45, 2.75) is 6.54 Å². The number of hydrogen-bond acceptors (Lipinski definition) is 4. The van der Waals surface area contributed by atoms with Crippen molar-refractivity contribution in [3.63, 3.8) is 0 Å². The minimum absolute atomic E-state index is 0.166. The summed E-state index contributed by atoms with van der Waals surface area (Å²) in [7, 11) is 0. The van der Waals surface area contributed by atoms with Crippen molar-refractivity contribution in [3.8, 4) is 17.6 Å². The second-order valence-corrected chi connectivity index (χ2v) is 5.03. The van der Waals surface area contributed by atoms with Crippen LogP contribution in [0.25, 0.3) is 0 Å². The van der Waals surface area contributed by atoms with Gasteiger partial charge in [0, 0.05) is 10.4 Å². The number of carbonyl (C=O) groups excluding carboxylic acids is 1. The molecule has 2 rings (SSSR count).